The molecule has 0 radical (unpaired) electrons. The lowest BCUT2D eigenvalue weighted by Gasteiger charge is -2.04. The molecule has 0 fully saturated rings. The quantitative estimate of drug-likeness (QED) is 0.763. The highest BCUT2D eigenvalue weighted by molar-refractivity contribution is 7.99. The van der Waals surface area contributed by atoms with E-state index in [1.807, 2.05) is 30.3 Å². The summed E-state index contributed by atoms with van der Waals surface area (Å²) in [5.41, 5.74) is 2.36. The van der Waals surface area contributed by atoms with Crippen molar-refractivity contribution in [2.75, 3.05) is 12.9 Å². The molecule has 0 saturated heterocycles. The standard InChI is InChI=1S/C17H15NO2S/c1-20-16-7-3-6-15(9-16)17(19)12-21-11-14-5-2-4-13(8-14)10-18/h2-9H,11-12H2,1H3. The molecule has 0 aliphatic rings. The molecule has 0 bridgehead atoms. The second kappa shape index (κ2) is 7.51. The highest BCUT2D eigenvalue weighted by Crippen LogP contribution is 2.17. The van der Waals surface area contributed by atoms with Crippen molar-refractivity contribution >= 4 is 17.5 Å². The van der Waals surface area contributed by atoms with Gasteiger partial charge in [0.15, 0.2) is 5.78 Å². The molecule has 2 aromatic rings. The zero-order valence-electron chi connectivity index (χ0n) is 11.7. The van der Waals surface area contributed by atoms with Gasteiger partial charge in [0, 0.05) is 11.3 Å². The van der Waals surface area contributed by atoms with Crippen molar-refractivity contribution in [1.82, 2.24) is 0 Å². The van der Waals surface area contributed by atoms with Crippen molar-refractivity contribution in [1.29, 1.82) is 5.26 Å². The van der Waals surface area contributed by atoms with E-state index in [0.717, 1.165) is 5.56 Å². The highest BCUT2D eigenvalue weighted by atomic mass is 32.2. The summed E-state index contributed by atoms with van der Waals surface area (Å²) in [5, 5.41) is 8.85. The van der Waals surface area contributed by atoms with E-state index in [-0.39, 0.29) is 5.78 Å². The maximum atomic E-state index is 12.1. The maximum Gasteiger partial charge on any atom is 0.172 e. The van der Waals surface area contributed by atoms with Crippen LogP contribution in [-0.4, -0.2) is 18.6 Å². The Morgan fingerprint density at radius 2 is 2.05 bits per heavy atom. The van der Waals surface area contributed by atoms with Crippen LogP contribution in [0.2, 0.25) is 0 Å². The number of rotatable bonds is 6. The van der Waals surface area contributed by atoms with Gasteiger partial charge in [-0.1, -0.05) is 24.3 Å². The number of nitrogens with zero attached hydrogens (tertiary/aromatic N) is 1. The van der Waals surface area contributed by atoms with E-state index in [9.17, 15) is 4.79 Å². The van der Waals surface area contributed by atoms with Gasteiger partial charge in [0.25, 0.3) is 0 Å². The fourth-order valence-electron chi connectivity index (χ4n) is 1.87. The Hall–Kier alpha value is -2.25. The van der Waals surface area contributed by atoms with Crippen molar-refractivity contribution in [3.63, 3.8) is 0 Å². The molecule has 2 rings (SSSR count). The number of ether oxygens (including phenoxy) is 1. The summed E-state index contributed by atoms with van der Waals surface area (Å²) in [5.74, 6) is 1.89. The first-order valence-corrected chi connectivity index (χ1v) is 7.62. The lowest BCUT2D eigenvalue weighted by Crippen LogP contribution is -2.03. The second-order valence-electron chi connectivity index (χ2n) is 4.46. The molecule has 21 heavy (non-hydrogen) atoms. The number of hydrogen-bond donors (Lipinski definition) is 0. The molecule has 0 heterocycles. The third kappa shape index (κ3) is 4.37. The van der Waals surface area contributed by atoms with E-state index in [1.165, 1.54) is 0 Å². The molecule has 2 aromatic carbocycles. The topological polar surface area (TPSA) is 50.1 Å². The fourth-order valence-corrected chi connectivity index (χ4v) is 2.74. The monoisotopic (exact) mass is 297 g/mol. The van der Waals surface area contributed by atoms with Gasteiger partial charge in [-0.2, -0.15) is 5.26 Å². The number of carbonyl (C=O) groups excluding carboxylic acids is 1. The number of ketones is 1. The zero-order valence-corrected chi connectivity index (χ0v) is 12.5. The van der Waals surface area contributed by atoms with Crippen molar-refractivity contribution in [3.8, 4) is 11.8 Å². The van der Waals surface area contributed by atoms with Gasteiger partial charge < -0.3 is 4.74 Å². The van der Waals surface area contributed by atoms with Crippen LogP contribution in [0.5, 0.6) is 5.75 Å². The summed E-state index contributed by atoms with van der Waals surface area (Å²) >= 11 is 1.54. The first-order valence-electron chi connectivity index (χ1n) is 6.47. The zero-order chi connectivity index (χ0) is 15.1. The van der Waals surface area contributed by atoms with Crippen LogP contribution in [-0.2, 0) is 5.75 Å². The smallest absolute Gasteiger partial charge is 0.172 e. The SMILES string of the molecule is COc1cccc(C(=O)CSCc2cccc(C#N)c2)c1. The molecule has 106 valence electrons. The number of thioether (sulfide) groups is 1. The summed E-state index contributed by atoms with van der Waals surface area (Å²) in [7, 11) is 1.58. The van der Waals surface area contributed by atoms with Crippen LogP contribution < -0.4 is 4.74 Å². The average Bonchev–Trinajstić information content (AvgIpc) is 2.55. The number of nitriles is 1. The van der Waals surface area contributed by atoms with Crippen molar-refractivity contribution in [3.05, 3.63) is 65.2 Å². The van der Waals surface area contributed by atoms with E-state index in [0.29, 0.717) is 28.4 Å². The third-order valence-electron chi connectivity index (χ3n) is 2.95. The van der Waals surface area contributed by atoms with Crippen LogP contribution in [0.15, 0.2) is 48.5 Å². The van der Waals surface area contributed by atoms with Gasteiger partial charge in [0.1, 0.15) is 5.75 Å². The van der Waals surface area contributed by atoms with Gasteiger partial charge in [-0.3, -0.25) is 4.79 Å². The second-order valence-corrected chi connectivity index (χ2v) is 5.45. The number of benzene rings is 2. The predicted octanol–water partition coefficient (Wildman–Crippen LogP) is 3.68. The van der Waals surface area contributed by atoms with Gasteiger partial charge in [-0.15, -0.1) is 11.8 Å². The Balaban J connectivity index is 1.90. The Morgan fingerprint density at radius 3 is 2.81 bits per heavy atom. The Labute approximate surface area is 128 Å². The predicted molar refractivity (Wildman–Crippen MR) is 84.6 cm³/mol. The van der Waals surface area contributed by atoms with Crippen molar-refractivity contribution in [2.45, 2.75) is 5.75 Å². The summed E-state index contributed by atoms with van der Waals surface area (Å²) in [6.07, 6.45) is 0. The Bertz CT molecular complexity index is 676. The van der Waals surface area contributed by atoms with Gasteiger partial charge in [0.2, 0.25) is 0 Å². The minimum Gasteiger partial charge on any atom is -0.497 e. The Morgan fingerprint density at radius 1 is 1.24 bits per heavy atom. The van der Waals surface area contributed by atoms with Gasteiger partial charge in [-0.05, 0) is 29.8 Å². The summed E-state index contributed by atoms with van der Waals surface area (Å²) in [6, 6.07) is 16.7. The van der Waals surface area contributed by atoms with Crippen LogP contribution in [0.25, 0.3) is 0 Å². The molecular formula is C17H15NO2S. The lowest BCUT2D eigenvalue weighted by atomic mass is 10.1. The van der Waals surface area contributed by atoms with Gasteiger partial charge in [0.05, 0.1) is 24.5 Å². The largest absolute Gasteiger partial charge is 0.497 e. The van der Waals surface area contributed by atoms with E-state index in [4.69, 9.17) is 10.00 Å². The fraction of sp³-hybridized carbons (Fsp3) is 0.176. The minimum atomic E-state index is 0.0790. The molecule has 0 N–H and O–H groups in total. The molecule has 0 spiro atoms. The molecule has 0 aliphatic carbocycles. The van der Waals surface area contributed by atoms with Gasteiger partial charge in [-0.25, -0.2) is 0 Å². The van der Waals surface area contributed by atoms with Crippen LogP contribution in [0.3, 0.4) is 0 Å². The van der Waals surface area contributed by atoms with E-state index >= 15 is 0 Å². The first-order chi connectivity index (χ1) is 10.2. The van der Waals surface area contributed by atoms with Crippen molar-refractivity contribution in [2.24, 2.45) is 0 Å². The molecule has 0 unspecified atom stereocenters. The van der Waals surface area contributed by atoms with Crippen LogP contribution in [0.4, 0.5) is 0 Å². The molecule has 0 amide bonds. The molecule has 4 heteroatoms. The van der Waals surface area contributed by atoms with E-state index < -0.39 is 0 Å². The summed E-state index contributed by atoms with van der Waals surface area (Å²) in [4.78, 5) is 12.1. The maximum absolute atomic E-state index is 12.1. The molecule has 0 atom stereocenters. The first kappa shape index (κ1) is 15.1. The molecule has 0 aliphatic heterocycles. The van der Waals surface area contributed by atoms with E-state index in [1.54, 1.807) is 37.1 Å². The molecular weight excluding hydrogens is 282 g/mol. The van der Waals surface area contributed by atoms with Gasteiger partial charge >= 0.3 is 0 Å². The highest BCUT2D eigenvalue weighted by Gasteiger charge is 2.07. The van der Waals surface area contributed by atoms with E-state index in [2.05, 4.69) is 6.07 Å². The molecule has 3 nitrogen and oxygen atoms in total. The normalized spacial score (nSPS) is 9.90. The van der Waals surface area contributed by atoms with Crippen molar-refractivity contribution < 1.29 is 9.53 Å². The molecule has 0 saturated carbocycles. The minimum absolute atomic E-state index is 0.0790. The lowest BCUT2D eigenvalue weighted by molar-refractivity contribution is 0.102. The summed E-state index contributed by atoms with van der Waals surface area (Å²) < 4.78 is 5.11. The molecule has 0 aromatic heterocycles. The number of methoxy groups -OCH3 is 1. The van der Waals surface area contributed by atoms with Crippen LogP contribution in [0, 0.1) is 11.3 Å². The summed E-state index contributed by atoms with van der Waals surface area (Å²) in [6.45, 7) is 0. The van der Waals surface area contributed by atoms with Crippen LogP contribution >= 0.6 is 11.8 Å². The number of carbonyl (C=O) groups is 1. The average molecular weight is 297 g/mol. The number of hydrogen-bond acceptors (Lipinski definition) is 4. The Kier molecular flexibility index (Phi) is 5.42. The third-order valence-corrected chi connectivity index (χ3v) is 3.95. The van der Waals surface area contributed by atoms with Crippen LogP contribution in [0.1, 0.15) is 21.5 Å². The number of Topliss-reactive ketones (excluding diaryl/α,β-unsaturated/α-hetero) is 1.